The van der Waals surface area contributed by atoms with E-state index < -0.39 is 41.2 Å². The van der Waals surface area contributed by atoms with E-state index in [4.69, 9.17) is 18.9 Å². The summed E-state index contributed by atoms with van der Waals surface area (Å²) in [6.07, 6.45) is -2.31. The van der Waals surface area contributed by atoms with Crippen molar-refractivity contribution in [2.45, 2.75) is 44.1 Å². The molecule has 0 aromatic rings. The number of halogens is 1. The molecule has 19 heavy (non-hydrogen) atoms. The molecule has 0 aromatic carbocycles. The summed E-state index contributed by atoms with van der Waals surface area (Å²) in [5, 5.41) is -0.638. The van der Waals surface area contributed by atoms with E-state index in [2.05, 4.69) is 15.9 Å². The van der Waals surface area contributed by atoms with Gasteiger partial charge in [-0.3, -0.25) is 14.4 Å². The molecule has 0 aliphatic carbocycles. The van der Waals surface area contributed by atoms with E-state index in [9.17, 15) is 14.4 Å². The molecule has 0 bridgehead atoms. The van der Waals surface area contributed by atoms with Crippen molar-refractivity contribution < 1.29 is 33.3 Å². The summed E-state index contributed by atoms with van der Waals surface area (Å²) in [5.74, 6) is -1.55. The number of ether oxygens (including phenoxy) is 4. The molecule has 0 spiro atoms. The van der Waals surface area contributed by atoms with Gasteiger partial charge in [-0.15, -0.1) is 0 Å². The van der Waals surface area contributed by atoms with Gasteiger partial charge in [0.15, 0.2) is 17.2 Å². The lowest BCUT2D eigenvalue weighted by atomic mass is 10.1. The third-order valence-corrected chi connectivity index (χ3v) is 3.05. The molecule has 1 aliphatic rings. The van der Waals surface area contributed by atoms with Crippen LogP contribution in [-0.4, -0.2) is 47.8 Å². The van der Waals surface area contributed by atoms with Crippen LogP contribution in [0.5, 0.6) is 0 Å². The maximum Gasteiger partial charge on any atom is 0.303 e. The molecule has 1 fully saturated rings. The van der Waals surface area contributed by atoms with Gasteiger partial charge in [-0.25, -0.2) is 0 Å². The Labute approximate surface area is 118 Å². The summed E-state index contributed by atoms with van der Waals surface area (Å²) in [7, 11) is 0. The Bertz CT molecular complexity index is 370. The lowest BCUT2D eigenvalue weighted by Crippen LogP contribution is -2.40. The fourth-order valence-corrected chi connectivity index (χ4v) is 2.35. The van der Waals surface area contributed by atoms with Crippen molar-refractivity contribution in [1.29, 1.82) is 0 Å². The quantitative estimate of drug-likeness (QED) is 0.419. The third kappa shape index (κ3) is 4.79. The molecule has 0 amide bonds. The van der Waals surface area contributed by atoms with Gasteiger partial charge in [-0.2, -0.15) is 0 Å². The van der Waals surface area contributed by atoms with Crippen LogP contribution in [0.15, 0.2) is 0 Å². The molecule has 108 valence electrons. The Morgan fingerprint density at radius 1 is 1.00 bits per heavy atom. The van der Waals surface area contributed by atoms with Crippen molar-refractivity contribution in [2.75, 3.05) is 6.61 Å². The summed E-state index contributed by atoms with van der Waals surface area (Å²) in [4.78, 5) is 32.9. The van der Waals surface area contributed by atoms with Crippen LogP contribution in [-0.2, 0) is 33.3 Å². The number of alkyl halides is 1. The first kappa shape index (κ1) is 15.9. The first-order chi connectivity index (χ1) is 8.81. The van der Waals surface area contributed by atoms with E-state index >= 15 is 0 Å². The zero-order chi connectivity index (χ0) is 14.6. The Balaban J connectivity index is 2.76. The number of carbonyl (C=O) groups excluding carboxylic acids is 3. The SMILES string of the molecule is CC(=O)OC[C@H]1O[C@@H](Br)C(OC(C)=O)C1OC(C)=O. The normalized spacial score (nSPS) is 29.7. The van der Waals surface area contributed by atoms with Crippen LogP contribution < -0.4 is 0 Å². The molecule has 1 rings (SSSR count). The Morgan fingerprint density at radius 3 is 2.00 bits per heavy atom. The first-order valence-electron chi connectivity index (χ1n) is 5.58. The van der Waals surface area contributed by atoms with Crippen molar-refractivity contribution in [2.24, 2.45) is 0 Å². The average Bonchev–Trinajstić information content (AvgIpc) is 2.53. The molecule has 2 unspecified atom stereocenters. The molecular weight excluding hydrogens is 324 g/mol. The maximum atomic E-state index is 11.1. The van der Waals surface area contributed by atoms with Gasteiger partial charge in [0.2, 0.25) is 0 Å². The summed E-state index contributed by atoms with van der Waals surface area (Å²) >= 11 is 3.18. The summed E-state index contributed by atoms with van der Waals surface area (Å²) in [6, 6.07) is 0. The van der Waals surface area contributed by atoms with Crippen molar-refractivity contribution in [3.8, 4) is 0 Å². The fraction of sp³-hybridized carbons (Fsp3) is 0.727. The number of hydrogen-bond donors (Lipinski definition) is 0. The maximum absolute atomic E-state index is 11.1. The van der Waals surface area contributed by atoms with Crippen molar-refractivity contribution in [3.63, 3.8) is 0 Å². The van der Waals surface area contributed by atoms with E-state index in [0.717, 1.165) is 0 Å². The molecule has 8 heteroatoms. The van der Waals surface area contributed by atoms with Gasteiger partial charge in [0, 0.05) is 20.8 Å². The second-order valence-electron chi connectivity index (χ2n) is 3.98. The fourth-order valence-electron chi connectivity index (χ4n) is 1.66. The van der Waals surface area contributed by atoms with E-state index in [0.29, 0.717) is 0 Å². The predicted molar refractivity (Wildman–Crippen MR) is 65.3 cm³/mol. The molecule has 4 atom stereocenters. The van der Waals surface area contributed by atoms with E-state index in [1.807, 2.05) is 0 Å². The van der Waals surface area contributed by atoms with Crippen molar-refractivity contribution >= 4 is 33.8 Å². The van der Waals surface area contributed by atoms with Crippen molar-refractivity contribution in [1.82, 2.24) is 0 Å². The minimum atomic E-state index is -0.829. The molecule has 1 heterocycles. The van der Waals surface area contributed by atoms with Crippen LogP contribution >= 0.6 is 15.9 Å². The monoisotopic (exact) mass is 338 g/mol. The van der Waals surface area contributed by atoms with Gasteiger partial charge in [0.1, 0.15) is 12.7 Å². The zero-order valence-electron chi connectivity index (χ0n) is 10.8. The van der Waals surface area contributed by atoms with Crippen LogP contribution in [0.25, 0.3) is 0 Å². The van der Waals surface area contributed by atoms with Crippen LogP contribution in [0.1, 0.15) is 20.8 Å². The highest BCUT2D eigenvalue weighted by Gasteiger charge is 2.48. The Kier molecular flexibility index (Phi) is 5.74. The number of hydrogen-bond acceptors (Lipinski definition) is 7. The van der Waals surface area contributed by atoms with Crippen LogP contribution in [0.3, 0.4) is 0 Å². The molecule has 0 saturated carbocycles. The topological polar surface area (TPSA) is 88.1 Å². The van der Waals surface area contributed by atoms with Gasteiger partial charge in [-0.1, -0.05) is 15.9 Å². The van der Waals surface area contributed by atoms with E-state index in [1.165, 1.54) is 20.8 Å². The van der Waals surface area contributed by atoms with Crippen LogP contribution in [0, 0.1) is 0 Å². The highest BCUT2D eigenvalue weighted by atomic mass is 79.9. The molecule has 0 radical (unpaired) electrons. The highest BCUT2D eigenvalue weighted by molar-refractivity contribution is 9.09. The second-order valence-corrected chi connectivity index (χ2v) is 4.88. The lowest BCUT2D eigenvalue weighted by molar-refractivity contribution is -0.165. The smallest absolute Gasteiger partial charge is 0.303 e. The van der Waals surface area contributed by atoms with E-state index in [1.54, 1.807) is 0 Å². The number of rotatable bonds is 4. The lowest BCUT2D eigenvalue weighted by Gasteiger charge is -2.22. The molecule has 7 nitrogen and oxygen atoms in total. The molecule has 1 saturated heterocycles. The second kappa shape index (κ2) is 6.85. The minimum absolute atomic E-state index is 0.0901. The number of esters is 3. The predicted octanol–water partition coefficient (Wildman–Crippen LogP) is 0.533. The average molecular weight is 339 g/mol. The third-order valence-electron chi connectivity index (χ3n) is 2.31. The minimum Gasteiger partial charge on any atom is -0.463 e. The van der Waals surface area contributed by atoms with Gasteiger partial charge in [0.05, 0.1) is 0 Å². The van der Waals surface area contributed by atoms with E-state index in [-0.39, 0.29) is 6.61 Å². The Hall–Kier alpha value is -1.15. The Morgan fingerprint density at radius 2 is 1.53 bits per heavy atom. The zero-order valence-corrected chi connectivity index (χ0v) is 12.3. The van der Waals surface area contributed by atoms with Gasteiger partial charge < -0.3 is 18.9 Å². The number of carbonyl (C=O) groups is 3. The largest absolute Gasteiger partial charge is 0.463 e. The summed E-state index contributed by atoms with van der Waals surface area (Å²) in [6.45, 7) is 3.64. The highest BCUT2D eigenvalue weighted by Crippen LogP contribution is 2.30. The van der Waals surface area contributed by atoms with Gasteiger partial charge >= 0.3 is 17.9 Å². The molecule has 0 aromatic heterocycles. The summed E-state index contributed by atoms with van der Waals surface area (Å²) < 4.78 is 20.4. The standard InChI is InChI=1S/C11H15BrO7/c1-5(13)16-4-8-9(17-6(2)14)10(11(12)19-8)18-7(3)15/h8-11H,4H2,1-3H3/t8-,9?,10?,11-/m1/s1. The van der Waals surface area contributed by atoms with Gasteiger partial charge in [-0.05, 0) is 0 Å². The molecule has 1 aliphatic heterocycles. The summed E-state index contributed by atoms with van der Waals surface area (Å²) in [5.41, 5.74) is 0. The van der Waals surface area contributed by atoms with Crippen LogP contribution in [0.4, 0.5) is 0 Å². The van der Waals surface area contributed by atoms with Crippen LogP contribution in [0.2, 0.25) is 0 Å². The molecule has 0 N–H and O–H groups in total. The van der Waals surface area contributed by atoms with Crippen molar-refractivity contribution in [3.05, 3.63) is 0 Å². The molecular formula is C11H15BrO7. The van der Waals surface area contributed by atoms with Gasteiger partial charge in [0.25, 0.3) is 0 Å². The first-order valence-corrected chi connectivity index (χ1v) is 6.50.